The zero-order valence-electron chi connectivity index (χ0n) is 12.6. The average Bonchev–Trinajstić information content (AvgIpc) is 3.17. The molecule has 0 atom stereocenters. The van der Waals surface area contributed by atoms with E-state index >= 15 is 0 Å². The van der Waals surface area contributed by atoms with Crippen molar-refractivity contribution in [2.24, 2.45) is 0 Å². The molecule has 0 aliphatic carbocycles. The van der Waals surface area contributed by atoms with E-state index in [1.165, 1.54) is 11.1 Å². The summed E-state index contributed by atoms with van der Waals surface area (Å²) in [6.07, 6.45) is 4.03. The molecule has 4 aromatic rings. The first-order chi connectivity index (χ1) is 10.7. The maximum absolute atomic E-state index is 5.96. The fourth-order valence-corrected chi connectivity index (χ4v) is 2.58. The highest BCUT2D eigenvalue weighted by Gasteiger charge is 2.10. The molecule has 0 amide bonds. The SMILES string of the molecule is Cc1ccc(-c2nc3ccc(-n4cccc4)cc3o2)cc1C. The molecule has 2 heterocycles. The summed E-state index contributed by atoms with van der Waals surface area (Å²) in [4.78, 5) is 4.60. The zero-order chi connectivity index (χ0) is 15.1. The number of fused-ring (bicyclic) bond motifs is 1. The molecule has 108 valence electrons. The molecule has 0 N–H and O–H groups in total. The van der Waals surface area contributed by atoms with Crippen LogP contribution < -0.4 is 0 Å². The smallest absolute Gasteiger partial charge is 0.227 e. The molecule has 3 heteroatoms. The largest absolute Gasteiger partial charge is 0.436 e. The monoisotopic (exact) mass is 288 g/mol. The highest BCUT2D eigenvalue weighted by atomic mass is 16.3. The van der Waals surface area contributed by atoms with Gasteiger partial charge in [-0.2, -0.15) is 0 Å². The summed E-state index contributed by atoms with van der Waals surface area (Å²) in [6, 6.07) is 16.4. The molecule has 0 saturated carbocycles. The Balaban J connectivity index is 1.81. The number of benzene rings is 2. The topological polar surface area (TPSA) is 31.0 Å². The number of oxazole rings is 1. The maximum atomic E-state index is 5.96. The van der Waals surface area contributed by atoms with Gasteiger partial charge in [0.25, 0.3) is 0 Å². The molecule has 0 radical (unpaired) electrons. The Morgan fingerprint density at radius 3 is 2.50 bits per heavy atom. The van der Waals surface area contributed by atoms with Crippen LogP contribution in [0.4, 0.5) is 0 Å². The van der Waals surface area contributed by atoms with E-state index in [2.05, 4.69) is 47.7 Å². The second kappa shape index (κ2) is 4.88. The molecule has 0 aliphatic heterocycles. The first-order valence-corrected chi connectivity index (χ1v) is 7.32. The first-order valence-electron chi connectivity index (χ1n) is 7.32. The maximum Gasteiger partial charge on any atom is 0.227 e. The van der Waals surface area contributed by atoms with Crippen molar-refractivity contribution in [2.45, 2.75) is 13.8 Å². The highest BCUT2D eigenvalue weighted by Crippen LogP contribution is 2.27. The Bertz CT molecular complexity index is 949. The van der Waals surface area contributed by atoms with Gasteiger partial charge in [0.05, 0.1) is 0 Å². The molecule has 2 aromatic heterocycles. The van der Waals surface area contributed by atoms with Crippen LogP contribution in [-0.4, -0.2) is 9.55 Å². The van der Waals surface area contributed by atoms with Crippen LogP contribution in [0.25, 0.3) is 28.2 Å². The van der Waals surface area contributed by atoms with Crippen LogP contribution in [0.3, 0.4) is 0 Å². The molecule has 22 heavy (non-hydrogen) atoms. The van der Waals surface area contributed by atoms with Crippen molar-refractivity contribution >= 4 is 11.1 Å². The quantitative estimate of drug-likeness (QED) is 0.525. The minimum Gasteiger partial charge on any atom is -0.436 e. The Morgan fingerprint density at radius 2 is 1.73 bits per heavy atom. The normalized spacial score (nSPS) is 11.2. The van der Waals surface area contributed by atoms with Crippen LogP contribution in [0.2, 0.25) is 0 Å². The summed E-state index contributed by atoms with van der Waals surface area (Å²) < 4.78 is 8.02. The van der Waals surface area contributed by atoms with Crippen LogP contribution >= 0.6 is 0 Å². The van der Waals surface area contributed by atoms with E-state index in [0.29, 0.717) is 5.89 Å². The van der Waals surface area contributed by atoms with E-state index in [1.807, 2.05) is 36.7 Å². The van der Waals surface area contributed by atoms with Gasteiger partial charge in [-0.25, -0.2) is 4.98 Å². The predicted molar refractivity (Wildman–Crippen MR) is 88.2 cm³/mol. The fourth-order valence-electron chi connectivity index (χ4n) is 2.58. The Labute approximate surface area is 128 Å². The second-order valence-electron chi connectivity index (χ2n) is 5.56. The Hall–Kier alpha value is -2.81. The van der Waals surface area contributed by atoms with Gasteiger partial charge in [-0.1, -0.05) is 6.07 Å². The molecule has 0 unspecified atom stereocenters. The van der Waals surface area contributed by atoms with Gasteiger partial charge < -0.3 is 8.98 Å². The molecular weight excluding hydrogens is 272 g/mol. The van der Waals surface area contributed by atoms with Crippen molar-refractivity contribution in [1.82, 2.24) is 9.55 Å². The van der Waals surface area contributed by atoms with Gasteiger partial charge >= 0.3 is 0 Å². The van der Waals surface area contributed by atoms with Crippen LogP contribution in [0.5, 0.6) is 0 Å². The van der Waals surface area contributed by atoms with E-state index in [0.717, 1.165) is 22.4 Å². The van der Waals surface area contributed by atoms with Crippen LogP contribution in [-0.2, 0) is 0 Å². The molecular formula is C19H16N2O. The highest BCUT2D eigenvalue weighted by molar-refractivity contribution is 5.78. The summed E-state index contributed by atoms with van der Waals surface area (Å²) in [5.74, 6) is 0.669. The van der Waals surface area contributed by atoms with Gasteiger partial charge in [0.2, 0.25) is 5.89 Å². The van der Waals surface area contributed by atoms with E-state index in [4.69, 9.17) is 4.42 Å². The Kier molecular flexibility index (Phi) is 2.86. The van der Waals surface area contributed by atoms with E-state index < -0.39 is 0 Å². The second-order valence-corrected chi connectivity index (χ2v) is 5.56. The molecule has 0 fully saturated rings. The third-order valence-electron chi connectivity index (χ3n) is 4.03. The average molecular weight is 288 g/mol. The lowest BCUT2D eigenvalue weighted by Gasteiger charge is -2.01. The number of nitrogens with zero attached hydrogens (tertiary/aromatic N) is 2. The number of rotatable bonds is 2. The summed E-state index contributed by atoms with van der Waals surface area (Å²) in [5, 5.41) is 0. The molecule has 3 nitrogen and oxygen atoms in total. The summed E-state index contributed by atoms with van der Waals surface area (Å²) in [5.41, 5.74) is 6.29. The Morgan fingerprint density at radius 1 is 0.909 bits per heavy atom. The van der Waals surface area contributed by atoms with Crippen LogP contribution in [0.15, 0.2) is 65.3 Å². The summed E-state index contributed by atoms with van der Waals surface area (Å²) in [7, 11) is 0. The van der Waals surface area contributed by atoms with Gasteiger partial charge in [-0.05, 0) is 61.4 Å². The number of aryl methyl sites for hydroxylation is 2. The molecule has 0 spiro atoms. The first kappa shape index (κ1) is 12.9. The minimum absolute atomic E-state index is 0.669. The minimum atomic E-state index is 0.669. The third kappa shape index (κ3) is 2.11. The lowest BCUT2D eigenvalue weighted by Crippen LogP contribution is -1.87. The van der Waals surface area contributed by atoms with Gasteiger partial charge in [-0.15, -0.1) is 0 Å². The lowest BCUT2D eigenvalue weighted by atomic mass is 10.1. The fraction of sp³-hybridized carbons (Fsp3) is 0.105. The van der Waals surface area contributed by atoms with Gasteiger partial charge in [0, 0.05) is 29.7 Å². The van der Waals surface area contributed by atoms with Gasteiger partial charge in [0.1, 0.15) is 5.52 Å². The molecule has 0 saturated heterocycles. The van der Waals surface area contributed by atoms with Crippen molar-refractivity contribution in [3.05, 3.63) is 72.1 Å². The summed E-state index contributed by atoms with van der Waals surface area (Å²) >= 11 is 0. The number of hydrogen-bond acceptors (Lipinski definition) is 2. The molecule has 2 aromatic carbocycles. The van der Waals surface area contributed by atoms with E-state index in [-0.39, 0.29) is 0 Å². The van der Waals surface area contributed by atoms with Crippen molar-refractivity contribution in [3.63, 3.8) is 0 Å². The van der Waals surface area contributed by atoms with Crippen molar-refractivity contribution in [3.8, 4) is 17.1 Å². The van der Waals surface area contributed by atoms with E-state index in [1.54, 1.807) is 0 Å². The number of aromatic nitrogens is 2. The van der Waals surface area contributed by atoms with Gasteiger partial charge in [0.15, 0.2) is 5.58 Å². The van der Waals surface area contributed by atoms with Gasteiger partial charge in [-0.3, -0.25) is 0 Å². The zero-order valence-corrected chi connectivity index (χ0v) is 12.6. The summed E-state index contributed by atoms with van der Waals surface area (Å²) in [6.45, 7) is 4.21. The molecule has 0 aliphatic rings. The van der Waals surface area contributed by atoms with Crippen LogP contribution in [0, 0.1) is 13.8 Å². The predicted octanol–water partition coefficient (Wildman–Crippen LogP) is 4.90. The molecule has 0 bridgehead atoms. The van der Waals surface area contributed by atoms with Crippen molar-refractivity contribution < 1.29 is 4.42 Å². The number of hydrogen-bond donors (Lipinski definition) is 0. The standard InChI is InChI=1S/C19H16N2O/c1-13-5-6-15(11-14(13)2)19-20-17-8-7-16(12-18(17)22-19)21-9-3-4-10-21/h3-12H,1-2H3. The third-order valence-corrected chi connectivity index (χ3v) is 4.03. The molecule has 4 rings (SSSR count). The van der Waals surface area contributed by atoms with E-state index in [9.17, 15) is 0 Å². The van der Waals surface area contributed by atoms with Crippen molar-refractivity contribution in [1.29, 1.82) is 0 Å². The van der Waals surface area contributed by atoms with Crippen LogP contribution in [0.1, 0.15) is 11.1 Å². The van der Waals surface area contributed by atoms with Crippen molar-refractivity contribution in [2.75, 3.05) is 0 Å². The lowest BCUT2D eigenvalue weighted by molar-refractivity contribution is 0.619.